The van der Waals surface area contributed by atoms with E-state index in [0.29, 0.717) is 28.3 Å². The number of ether oxygens (including phenoxy) is 3. The second kappa shape index (κ2) is 6.31. The maximum atomic E-state index is 12.3. The molecular weight excluding hydrogens is 296 g/mol. The van der Waals surface area contributed by atoms with Crippen molar-refractivity contribution >= 4 is 17.0 Å². The molecule has 0 saturated carbocycles. The Kier molecular flexibility index (Phi) is 4.05. The van der Waals surface area contributed by atoms with Crippen LogP contribution < -0.4 is 14.2 Å². The van der Waals surface area contributed by atoms with Crippen LogP contribution in [0, 0.1) is 0 Å². The van der Waals surface area contributed by atoms with Crippen molar-refractivity contribution in [2.24, 2.45) is 0 Å². The average molecular weight is 310 g/mol. The lowest BCUT2D eigenvalue weighted by molar-refractivity contribution is 0.0734. The summed E-state index contributed by atoms with van der Waals surface area (Å²) in [6.45, 7) is 0. The van der Waals surface area contributed by atoms with Gasteiger partial charge in [0.05, 0.1) is 30.8 Å². The molecule has 0 aliphatic rings. The van der Waals surface area contributed by atoms with E-state index in [-0.39, 0.29) is 0 Å². The first-order chi connectivity index (χ1) is 11.2. The van der Waals surface area contributed by atoms with Crippen molar-refractivity contribution in [1.29, 1.82) is 0 Å². The van der Waals surface area contributed by atoms with Gasteiger partial charge in [-0.3, -0.25) is 9.97 Å². The van der Waals surface area contributed by atoms with E-state index >= 15 is 0 Å². The molecule has 116 valence electrons. The van der Waals surface area contributed by atoms with E-state index in [1.54, 1.807) is 48.8 Å². The van der Waals surface area contributed by atoms with Crippen LogP contribution in [-0.4, -0.2) is 30.2 Å². The van der Waals surface area contributed by atoms with Gasteiger partial charge >= 0.3 is 5.97 Å². The molecule has 2 aromatic carbocycles. The highest BCUT2D eigenvalue weighted by Crippen LogP contribution is 2.28. The number of hydrogen-bond donors (Lipinski definition) is 0. The highest BCUT2D eigenvalue weighted by Gasteiger charge is 2.13. The highest BCUT2D eigenvalue weighted by atomic mass is 16.5. The Hall–Kier alpha value is -3.15. The van der Waals surface area contributed by atoms with Gasteiger partial charge in [0.1, 0.15) is 5.75 Å². The van der Waals surface area contributed by atoms with Gasteiger partial charge in [0.15, 0.2) is 11.5 Å². The summed E-state index contributed by atoms with van der Waals surface area (Å²) in [6, 6.07) is 9.93. The molecule has 6 heteroatoms. The third-order valence-electron chi connectivity index (χ3n) is 3.27. The van der Waals surface area contributed by atoms with Crippen LogP contribution in [0.15, 0.2) is 48.8 Å². The minimum absolute atomic E-state index is 0.363. The van der Waals surface area contributed by atoms with E-state index in [1.165, 1.54) is 14.2 Å². The first-order valence-electron chi connectivity index (χ1n) is 6.86. The quantitative estimate of drug-likeness (QED) is 0.545. The number of nitrogens with zero attached hydrogens (tertiary/aromatic N) is 2. The van der Waals surface area contributed by atoms with Gasteiger partial charge in [-0.25, -0.2) is 4.79 Å². The lowest BCUT2D eigenvalue weighted by Crippen LogP contribution is -2.09. The smallest absolute Gasteiger partial charge is 0.343 e. The normalized spacial score (nSPS) is 10.3. The maximum absolute atomic E-state index is 12.3. The molecule has 0 aliphatic heterocycles. The summed E-state index contributed by atoms with van der Waals surface area (Å²) >= 11 is 0. The lowest BCUT2D eigenvalue weighted by Gasteiger charge is -2.09. The fraction of sp³-hybridized carbons (Fsp3) is 0.118. The molecule has 23 heavy (non-hydrogen) atoms. The topological polar surface area (TPSA) is 70.5 Å². The number of hydrogen-bond acceptors (Lipinski definition) is 6. The van der Waals surface area contributed by atoms with Crippen molar-refractivity contribution in [1.82, 2.24) is 9.97 Å². The minimum atomic E-state index is -0.491. The Balaban J connectivity index is 1.85. The van der Waals surface area contributed by atoms with E-state index < -0.39 is 5.97 Å². The Labute approximate surface area is 132 Å². The van der Waals surface area contributed by atoms with Crippen LogP contribution in [0.1, 0.15) is 10.4 Å². The zero-order chi connectivity index (χ0) is 16.2. The molecule has 0 spiro atoms. The molecule has 0 bridgehead atoms. The molecule has 0 N–H and O–H groups in total. The average Bonchev–Trinajstić information content (AvgIpc) is 2.60. The number of rotatable bonds is 4. The van der Waals surface area contributed by atoms with Gasteiger partial charge < -0.3 is 14.2 Å². The minimum Gasteiger partial charge on any atom is -0.493 e. The zero-order valence-corrected chi connectivity index (χ0v) is 12.6. The van der Waals surface area contributed by atoms with Crippen molar-refractivity contribution in [3.8, 4) is 17.2 Å². The SMILES string of the molecule is COc1ccc(C(=O)Oc2ccc3nccnc3c2)cc1OC. The molecule has 0 atom stereocenters. The summed E-state index contributed by atoms with van der Waals surface area (Å²) in [5.74, 6) is 0.920. The van der Waals surface area contributed by atoms with Gasteiger partial charge in [0.2, 0.25) is 0 Å². The molecular formula is C17H14N2O4. The lowest BCUT2D eigenvalue weighted by atomic mass is 10.2. The van der Waals surface area contributed by atoms with E-state index in [1.807, 2.05) is 0 Å². The molecule has 0 unspecified atom stereocenters. The van der Waals surface area contributed by atoms with Crippen LogP contribution >= 0.6 is 0 Å². The predicted octanol–water partition coefficient (Wildman–Crippen LogP) is 2.87. The Morgan fingerprint density at radius 1 is 0.870 bits per heavy atom. The van der Waals surface area contributed by atoms with Crippen LogP contribution in [-0.2, 0) is 0 Å². The summed E-state index contributed by atoms with van der Waals surface area (Å²) in [5, 5.41) is 0. The van der Waals surface area contributed by atoms with Crippen LogP contribution in [0.2, 0.25) is 0 Å². The van der Waals surface area contributed by atoms with Crippen LogP contribution in [0.25, 0.3) is 11.0 Å². The fourth-order valence-corrected chi connectivity index (χ4v) is 2.14. The zero-order valence-electron chi connectivity index (χ0n) is 12.6. The van der Waals surface area contributed by atoms with Gasteiger partial charge in [0, 0.05) is 18.5 Å². The third-order valence-corrected chi connectivity index (χ3v) is 3.27. The van der Waals surface area contributed by atoms with Crippen molar-refractivity contribution in [3.63, 3.8) is 0 Å². The molecule has 1 heterocycles. The molecule has 6 nitrogen and oxygen atoms in total. The predicted molar refractivity (Wildman–Crippen MR) is 84.0 cm³/mol. The Morgan fingerprint density at radius 2 is 1.61 bits per heavy atom. The van der Waals surface area contributed by atoms with Crippen molar-refractivity contribution in [2.45, 2.75) is 0 Å². The third kappa shape index (κ3) is 3.06. The first kappa shape index (κ1) is 14.8. The van der Waals surface area contributed by atoms with E-state index in [9.17, 15) is 4.79 Å². The van der Waals surface area contributed by atoms with Gasteiger partial charge in [0.25, 0.3) is 0 Å². The van der Waals surface area contributed by atoms with Gasteiger partial charge in [-0.2, -0.15) is 0 Å². The molecule has 0 saturated heterocycles. The molecule has 1 aromatic heterocycles. The van der Waals surface area contributed by atoms with E-state index in [4.69, 9.17) is 14.2 Å². The maximum Gasteiger partial charge on any atom is 0.343 e. The van der Waals surface area contributed by atoms with Crippen LogP contribution in [0.3, 0.4) is 0 Å². The van der Waals surface area contributed by atoms with Crippen molar-refractivity contribution in [2.75, 3.05) is 14.2 Å². The van der Waals surface area contributed by atoms with Crippen molar-refractivity contribution in [3.05, 3.63) is 54.4 Å². The van der Waals surface area contributed by atoms with Crippen LogP contribution in [0.4, 0.5) is 0 Å². The van der Waals surface area contributed by atoms with Gasteiger partial charge in [-0.15, -0.1) is 0 Å². The number of aromatic nitrogens is 2. The largest absolute Gasteiger partial charge is 0.493 e. The summed E-state index contributed by atoms with van der Waals surface area (Å²) in [6.07, 6.45) is 3.19. The molecule has 0 fully saturated rings. The molecule has 0 radical (unpaired) electrons. The molecule has 0 amide bonds. The monoisotopic (exact) mass is 310 g/mol. The van der Waals surface area contributed by atoms with E-state index in [2.05, 4.69) is 9.97 Å². The number of carbonyl (C=O) groups is 1. The van der Waals surface area contributed by atoms with Crippen LogP contribution in [0.5, 0.6) is 17.2 Å². The molecule has 3 rings (SSSR count). The summed E-state index contributed by atoms with van der Waals surface area (Å²) in [4.78, 5) is 20.6. The Bertz CT molecular complexity index is 864. The number of carbonyl (C=O) groups excluding carboxylic acids is 1. The first-order valence-corrected chi connectivity index (χ1v) is 6.86. The second-order valence-electron chi connectivity index (χ2n) is 4.67. The van der Waals surface area contributed by atoms with Crippen molar-refractivity contribution < 1.29 is 19.0 Å². The number of methoxy groups -OCH3 is 2. The number of fused-ring (bicyclic) bond motifs is 1. The Morgan fingerprint density at radius 3 is 2.35 bits per heavy atom. The number of esters is 1. The standard InChI is InChI=1S/C17H14N2O4/c1-21-15-6-3-11(9-16(15)22-2)17(20)23-12-4-5-13-14(10-12)19-8-7-18-13/h3-10H,1-2H3. The summed E-state index contributed by atoms with van der Waals surface area (Å²) in [7, 11) is 3.04. The summed E-state index contributed by atoms with van der Waals surface area (Å²) < 4.78 is 15.7. The molecule has 3 aromatic rings. The van der Waals surface area contributed by atoms with Gasteiger partial charge in [-0.05, 0) is 30.3 Å². The summed E-state index contributed by atoms with van der Waals surface area (Å²) in [5.41, 5.74) is 1.76. The number of benzene rings is 2. The second-order valence-corrected chi connectivity index (χ2v) is 4.67. The van der Waals surface area contributed by atoms with E-state index in [0.717, 1.165) is 5.52 Å². The molecule has 0 aliphatic carbocycles. The fourth-order valence-electron chi connectivity index (χ4n) is 2.14. The highest BCUT2D eigenvalue weighted by molar-refractivity contribution is 5.92. The van der Waals surface area contributed by atoms with Gasteiger partial charge in [-0.1, -0.05) is 0 Å².